The SMILES string of the molecule is CC(=O)C1CCC2(CC1)CCC(C)(C(C)C)O2. The molecule has 0 aromatic carbocycles. The Morgan fingerprint density at radius 1 is 1.18 bits per heavy atom. The van der Waals surface area contributed by atoms with Crippen LogP contribution in [0.1, 0.15) is 66.2 Å². The average Bonchev–Trinajstić information content (AvgIpc) is 2.58. The number of carbonyl (C=O) groups is 1. The van der Waals surface area contributed by atoms with E-state index in [4.69, 9.17) is 4.74 Å². The Hall–Kier alpha value is -0.370. The fourth-order valence-corrected chi connectivity index (χ4v) is 3.38. The number of hydrogen-bond acceptors (Lipinski definition) is 2. The number of hydrogen-bond donors (Lipinski definition) is 0. The zero-order valence-electron chi connectivity index (χ0n) is 11.7. The average molecular weight is 238 g/mol. The lowest BCUT2D eigenvalue weighted by atomic mass is 9.76. The first-order chi connectivity index (χ1) is 7.87. The minimum Gasteiger partial charge on any atom is -0.369 e. The third-order valence-corrected chi connectivity index (χ3v) is 5.22. The predicted molar refractivity (Wildman–Crippen MR) is 68.9 cm³/mol. The molecule has 1 aliphatic carbocycles. The maximum Gasteiger partial charge on any atom is 0.132 e. The van der Waals surface area contributed by atoms with E-state index in [1.807, 2.05) is 0 Å². The lowest BCUT2D eigenvalue weighted by Gasteiger charge is -2.39. The Kier molecular flexibility index (Phi) is 3.37. The van der Waals surface area contributed by atoms with Crippen molar-refractivity contribution in [1.29, 1.82) is 0 Å². The maximum absolute atomic E-state index is 11.4. The Morgan fingerprint density at radius 2 is 1.76 bits per heavy atom. The molecule has 2 heteroatoms. The van der Waals surface area contributed by atoms with E-state index in [1.54, 1.807) is 6.92 Å². The van der Waals surface area contributed by atoms with E-state index in [0.717, 1.165) is 25.7 Å². The van der Waals surface area contributed by atoms with Crippen LogP contribution in [-0.4, -0.2) is 17.0 Å². The molecule has 1 aliphatic heterocycles. The fourth-order valence-electron chi connectivity index (χ4n) is 3.38. The maximum atomic E-state index is 11.4. The number of ether oxygens (including phenoxy) is 1. The van der Waals surface area contributed by atoms with Crippen LogP contribution >= 0.6 is 0 Å². The molecule has 1 saturated heterocycles. The summed E-state index contributed by atoms with van der Waals surface area (Å²) in [5, 5.41) is 0. The summed E-state index contributed by atoms with van der Waals surface area (Å²) >= 11 is 0. The number of rotatable bonds is 2. The topological polar surface area (TPSA) is 26.3 Å². The van der Waals surface area contributed by atoms with Crippen LogP contribution in [0.25, 0.3) is 0 Å². The van der Waals surface area contributed by atoms with Gasteiger partial charge in [0.05, 0.1) is 11.2 Å². The van der Waals surface area contributed by atoms with Crippen LogP contribution in [0.2, 0.25) is 0 Å². The third-order valence-electron chi connectivity index (χ3n) is 5.22. The molecule has 0 amide bonds. The summed E-state index contributed by atoms with van der Waals surface area (Å²) in [7, 11) is 0. The molecule has 17 heavy (non-hydrogen) atoms. The van der Waals surface area contributed by atoms with E-state index in [9.17, 15) is 4.79 Å². The molecule has 98 valence electrons. The molecule has 1 saturated carbocycles. The van der Waals surface area contributed by atoms with Crippen molar-refractivity contribution in [2.75, 3.05) is 0 Å². The molecule has 0 radical (unpaired) electrons. The Labute approximate surface area is 105 Å². The standard InChI is InChI=1S/C15H26O2/c1-11(2)14(4)9-10-15(17-14)7-5-13(6-8-15)12(3)16/h11,13H,5-10H2,1-4H3. The van der Waals surface area contributed by atoms with Crippen LogP contribution in [0.5, 0.6) is 0 Å². The number of carbonyl (C=O) groups excluding carboxylic acids is 1. The highest BCUT2D eigenvalue weighted by atomic mass is 16.5. The van der Waals surface area contributed by atoms with Gasteiger partial charge in [-0.15, -0.1) is 0 Å². The van der Waals surface area contributed by atoms with Crippen molar-refractivity contribution in [3.8, 4) is 0 Å². The van der Waals surface area contributed by atoms with Crippen molar-refractivity contribution in [3.63, 3.8) is 0 Å². The van der Waals surface area contributed by atoms with Crippen molar-refractivity contribution >= 4 is 5.78 Å². The lowest BCUT2D eigenvalue weighted by molar-refractivity contribution is -0.140. The molecule has 1 spiro atoms. The minimum absolute atomic E-state index is 0.0586. The quantitative estimate of drug-likeness (QED) is 0.732. The molecule has 1 unspecified atom stereocenters. The van der Waals surface area contributed by atoms with Crippen LogP contribution < -0.4 is 0 Å². The molecule has 1 heterocycles. The van der Waals surface area contributed by atoms with Gasteiger partial charge in [0.2, 0.25) is 0 Å². The monoisotopic (exact) mass is 238 g/mol. The summed E-state index contributed by atoms with van der Waals surface area (Å²) in [4.78, 5) is 11.4. The summed E-state index contributed by atoms with van der Waals surface area (Å²) in [6.07, 6.45) is 6.59. The van der Waals surface area contributed by atoms with E-state index in [-0.39, 0.29) is 11.2 Å². The normalized spacial score (nSPS) is 42.3. The Balaban J connectivity index is 1.99. The molecule has 2 aliphatic rings. The van der Waals surface area contributed by atoms with E-state index < -0.39 is 0 Å². The van der Waals surface area contributed by atoms with Gasteiger partial charge in [-0.25, -0.2) is 0 Å². The summed E-state index contributed by atoms with van der Waals surface area (Å²) < 4.78 is 6.46. The molecule has 0 N–H and O–H groups in total. The fraction of sp³-hybridized carbons (Fsp3) is 0.933. The summed E-state index contributed by atoms with van der Waals surface area (Å²) in [6, 6.07) is 0. The van der Waals surface area contributed by atoms with Gasteiger partial charge < -0.3 is 4.74 Å². The third kappa shape index (κ3) is 2.42. The van der Waals surface area contributed by atoms with Gasteiger partial charge in [-0.2, -0.15) is 0 Å². The molecule has 2 fully saturated rings. The summed E-state index contributed by atoms with van der Waals surface area (Å²) in [5.41, 5.74) is 0.161. The largest absolute Gasteiger partial charge is 0.369 e. The van der Waals surface area contributed by atoms with Gasteiger partial charge in [0.1, 0.15) is 5.78 Å². The van der Waals surface area contributed by atoms with Crippen LogP contribution in [0, 0.1) is 11.8 Å². The second kappa shape index (κ2) is 4.38. The first kappa shape index (κ1) is 13.1. The highest BCUT2D eigenvalue weighted by Gasteiger charge is 2.49. The Bertz CT molecular complexity index is 300. The molecule has 2 nitrogen and oxygen atoms in total. The molecular formula is C15H26O2. The van der Waals surface area contributed by atoms with Crippen molar-refractivity contribution < 1.29 is 9.53 Å². The highest BCUT2D eigenvalue weighted by molar-refractivity contribution is 5.78. The number of ketones is 1. The van der Waals surface area contributed by atoms with Gasteiger partial charge in [0.15, 0.2) is 0 Å². The Morgan fingerprint density at radius 3 is 2.18 bits per heavy atom. The van der Waals surface area contributed by atoms with Crippen LogP contribution in [0.3, 0.4) is 0 Å². The van der Waals surface area contributed by atoms with Crippen molar-refractivity contribution in [1.82, 2.24) is 0 Å². The summed E-state index contributed by atoms with van der Waals surface area (Å²) in [5.74, 6) is 1.24. The molecule has 0 aromatic rings. The number of Topliss-reactive ketones (excluding diaryl/α,β-unsaturated/α-hetero) is 1. The first-order valence-corrected chi connectivity index (χ1v) is 7.08. The van der Waals surface area contributed by atoms with Crippen LogP contribution in [0.15, 0.2) is 0 Å². The first-order valence-electron chi connectivity index (χ1n) is 7.08. The van der Waals surface area contributed by atoms with Crippen molar-refractivity contribution in [3.05, 3.63) is 0 Å². The minimum atomic E-state index is 0.0586. The lowest BCUT2D eigenvalue weighted by Crippen LogP contribution is -2.40. The van der Waals surface area contributed by atoms with Crippen LogP contribution in [0.4, 0.5) is 0 Å². The van der Waals surface area contributed by atoms with E-state index in [1.165, 1.54) is 12.8 Å². The zero-order chi connectivity index (χ0) is 12.7. The van der Waals surface area contributed by atoms with Crippen LogP contribution in [-0.2, 0) is 9.53 Å². The van der Waals surface area contributed by atoms with E-state index in [2.05, 4.69) is 20.8 Å². The second-order valence-electron chi connectivity index (χ2n) is 6.64. The van der Waals surface area contributed by atoms with Crippen molar-refractivity contribution in [2.24, 2.45) is 11.8 Å². The van der Waals surface area contributed by atoms with Gasteiger partial charge in [0.25, 0.3) is 0 Å². The van der Waals surface area contributed by atoms with Crippen molar-refractivity contribution in [2.45, 2.75) is 77.4 Å². The van der Waals surface area contributed by atoms with Gasteiger partial charge in [-0.05, 0) is 58.3 Å². The molecule has 2 rings (SSSR count). The van der Waals surface area contributed by atoms with Gasteiger partial charge in [-0.1, -0.05) is 13.8 Å². The molecular weight excluding hydrogens is 212 g/mol. The second-order valence-corrected chi connectivity index (χ2v) is 6.64. The van der Waals surface area contributed by atoms with Gasteiger partial charge in [0, 0.05) is 5.92 Å². The molecule has 0 aromatic heterocycles. The zero-order valence-corrected chi connectivity index (χ0v) is 11.7. The molecule has 0 bridgehead atoms. The van der Waals surface area contributed by atoms with E-state index >= 15 is 0 Å². The van der Waals surface area contributed by atoms with E-state index in [0.29, 0.717) is 17.6 Å². The summed E-state index contributed by atoms with van der Waals surface area (Å²) in [6.45, 7) is 8.49. The highest BCUT2D eigenvalue weighted by Crippen LogP contribution is 2.49. The molecule has 1 atom stereocenters. The smallest absolute Gasteiger partial charge is 0.132 e. The predicted octanol–water partition coefficient (Wildman–Crippen LogP) is 3.73. The van der Waals surface area contributed by atoms with Gasteiger partial charge in [-0.3, -0.25) is 4.79 Å². The van der Waals surface area contributed by atoms with Gasteiger partial charge >= 0.3 is 0 Å².